The van der Waals surface area contributed by atoms with Crippen molar-refractivity contribution in [3.05, 3.63) is 0 Å². The van der Waals surface area contributed by atoms with Crippen molar-refractivity contribution in [3.63, 3.8) is 0 Å². The average molecular weight is 179 g/mol. The highest BCUT2D eigenvalue weighted by molar-refractivity contribution is 7.90. The highest BCUT2D eigenvalue weighted by Gasteiger charge is 2.31. The largest absolute Gasteiger partial charge is 0.218 e. The predicted molar refractivity (Wildman–Crippen MR) is 47.0 cm³/mol. The van der Waals surface area contributed by atoms with E-state index in [-0.39, 0.29) is 0 Å². The summed E-state index contributed by atoms with van der Waals surface area (Å²) in [7, 11) is -1.66. The lowest BCUT2D eigenvalue weighted by atomic mass is 10.1. The van der Waals surface area contributed by atoms with Crippen LogP contribution in [0.3, 0.4) is 0 Å². The van der Waals surface area contributed by atoms with Gasteiger partial charge in [0.15, 0.2) is 0 Å². The van der Waals surface area contributed by atoms with Crippen molar-refractivity contribution in [2.24, 2.45) is 0 Å². The second kappa shape index (κ2) is 3.54. The number of nitrogens with one attached hydrogen (secondary N) is 1. The summed E-state index contributed by atoms with van der Waals surface area (Å²) >= 11 is 0. The molecule has 0 aromatic carbocycles. The first-order valence-corrected chi connectivity index (χ1v) is 5.29. The van der Waals surface area contributed by atoms with Crippen LogP contribution < -0.4 is 4.72 Å². The lowest BCUT2D eigenvalue weighted by Gasteiger charge is -2.22. The quantitative estimate of drug-likeness (QED) is 0.703. The molecule has 0 aliphatic heterocycles. The molecule has 0 aromatic heterocycles. The molecule has 0 radical (unpaired) electrons. The molecule has 0 aromatic rings. The molecule has 0 spiro atoms. The molecule has 1 N–H and O–H groups in total. The van der Waals surface area contributed by atoms with Gasteiger partial charge in [0.25, 0.3) is 0 Å². The molecule has 0 unspecified atom stereocenters. The Morgan fingerprint density at radius 3 is 2.09 bits per heavy atom. The van der Waals surface area contributed by atoms with Gasteiger partial charge >= 0.3 is 0 Å². The smallest absolute Gasteiger partial charge is 0.216 e. The maximum Gasteiger partial charge on any atom is 0.216 e. The van der Waals surface area contributed by atoms with E-state index in [1.165, 1.54) is 7.05 Å². The normalized spacial score (nSPS) is 13.5. The number of hydrogen-bond acceptors (Lipinski definition) is 2. The molecule has 3 nitrogen and oxygen atoms in total. The SMILES string of the molecule is CCCC(C)(C)S(=O)(=O)NC. The van der Waals surface area contributed by atoms with Gasteiger partial charge in [-0.3, -0.25) is 0 Å². The molecule has 0 heterocycles. The fraction of sp³-hybridized carbons (Fsp3) is 1.00. The Kier molecular flexibility index (Phi) is 3.51. The first-order valence-electron chi connectivity index (χ1n) is 3.80. The van der Waals surface area contributed by atoms with Gasteiger partial charge in [-0.25, -0.2) is 13.1 Å². The van der Waals surface area contributed by atoms with Gasteiger partial charge in [-0.05, 0) is 27.3 Å². The highest BCUT2D eigenvalue weighted by Crippen LogP contribution is 2.20. The molecule has 0 atom stereocenters. The van der Waals surface area contributed by atoms with E-state index in [4.69, 9.17) is 0 Å². The van der Waals surface area contributed by atoms with E-state index in [1.807, 2.05) is 6.92 Å². The molecule has 0 saturated carbocycles. The van der Waals surface area contributed by atoms with Crippen LogP contribution in [0.15, 0.2) is 0 Å². The van der Waals surface area contributed by atoms with Gasteiger partial charge in [0.05, 0.1) is 4.75 Å². The van der Waals surface area contributed by atoms with Gasteiger partial charge in [0.1, 0.15) is 0 Å². The maximum absolute atomic E-state index is 11.3. The second-order valence-corrected chi connectivity index (χ2v) is 5.74. The number of rotatable bonds is 4. The number of hydrogen-bond donors (Lipinski definition) is 1. The summed E-state index contributed by atoms with van der Waals surface area (Å²) in [6.07, 6.45) is 1.57. The zero-order valence-electron chi connectivity index (χ0n) is 7.64. The van der Waals surface area contributed by atoms with Crippen molar-refractivity contribution in [3.8, 4) is 0 Å². The zero-order chi connectivity index (χ0) is 9.12. The van der Waals surface area contributed by atoms with E-state index < -0.39 is 14.8 Å². The summed E-state index contributed by atoms with van der Waals surface area (Å²) in [6, 6.07) is 0. The summed E-state index contributed by atoms with van der Waals surface area (Å²) in [5.41, 5.74) is 0. The van der Waals surface area contributed by atoms with E-state index in [0.717, 1.165) is 6.42 Å². The Balaban J connectivity index is 4.55. The second-order valence-electron chi connectivity index (χ2n) is 3.22. The van der Waals surface area contributed by atoms with Crippen LogP contribution in [-0.2, 0) is 10.0 Å². The molecule has 4 heteroatoms. The minimum Gasteiger partial charge on any atom is -0.218 e. The molecule has 0 fully saturated rings. The van der Waals surface area contributed by atoms with Crippen molar-refractivity contribution in [2.45, 2.75) is 38.4 Å². The monoisotopic (exact) mass is 179 g/mol. The molecular weight excluding hydrogens is 162 g/mol. The zero-order valence-corrected chi connectivity index (χ0v) is 8.46. The Morgan fingerprint density at radius 2 is 1.82 bits per heavy atom. The molecule has 0 saturated heterocycles. The third kappa shape index (κ3) is 2.45. The molecule has 68 valence electrons. The molecule has 0 bridgehead atoms. The van der Waals surface area contributed by atoms with Crippen molar-refractivity contribution in [1.82, 2.24) is 4.72 Å². The van der Waals surface area contributed by atoms with E-state index in [9.17, 15) is 8.42 Å². The minimum atomic E-state index is -3.11. The van der Waals surface area contributed by atoms with Gasteiger partial charge < -0.3 is 0 Å². The maximum atomic E-state index is 11.3. The fourth-order valence-electron chi connectivity index (χ4n) is 1.01. The van der Waals surface area contributed by atoms with E-state index in [0.29, 0.717) is 6.42 Å². The van der Waals surface area contributed by atoms with Crippen LogP contribution >= 0.6 is 0 Å². The predicted octanol–water partition coefficient (Wildman–Crippen LogP) is 1.11. The van der Waals surface area contributed by atoms with Crippen LogP contribution in [0.25, 0.3) is 0 Å². The van der Waals surface area contributed by atoms with Gasteiger partial charge in [0, 0.05) is 0 Å². The first kappa shape index (κ1) is 10.9. The topological polar surface area (TPSA) is 46.2 Å². The van der Waals surface area contributed by atoms with Crippen LogP contribution in [-0.4, -0.2) is 20.2 Å². The summed E-state index contributed by atoms with van der Waals surface area (Å²) in [6.45, 7) is 5.46. The lowest BCUT2D eigenvalue weighted by Crippen LogP contribution is -2.39. The van der Waals surface area contributed by atoms with Gasteiger partial charge in [-0.2, -0.15) is 0 Å². The Hall–Kier alpha value is -0.0900. The summed E-state index contributed by atoms with van der Waals surface area (Å²) in [5, 5.41) is 0. The van der Waals surface area contributed by atoms with Crippen LogP contribution in [0.5, 0.6) is 0 Å². The van der Waals surface area contributed by atoms with Gasteiger partial charge in [0.2, 0.25) is 10.0 Å². The standard InChI is InChI=1S/C7H17NO2S/c1-5-6-7(2,3)11(9,10)8-4/h8H,5-6H2,1-4H3. The average Bonchev–Trinajstić information content (AvgIpc) is 1.87. The van der Waals surface area contributed by atoms with Crippen molar-refractivity contribution in [2.75, 3.05) is 7.05 Å². The van der Waals surface area contributed by atoms with E-state index >= 15 is 0 Å². The van der Waals surface area contributed by atoms with E-state index in [2.05, 4.69) is 4.72 Å². The number of sulfonamides is 1. The highest BCUT2D eigenvalue weighted by atomic mass is 32.2. The molecule has 0 amide bonds. The van der Waals surface area contributed by atoms with Crippen LogP contribution in [0.1, 0.15) is 33.6 Å². The lowest BCUT2D eigenvalue weighted by molar-refractivity contribution is 0.515. The van der Waals surface area contributed by atoms with Gasteiger partial charge in [-0.1, -0.05) is 13.3 Å². The summed E-state index contributed by atoms with van der Waals surface area (Å²) in [5.74, 6) is 0. The van der Waals surface area contributed by atoms with Crippen LogP contribution in [0, 0.1) is 0 Å². The van der Waals surface area contributed by atoms with Gasteiger partial charge in [-0.15, -0.1) is 0 Å². The summed E-state index contributed by atoms with van der Waals surface area (Å²) < 4.78 is 24.3. The Bertz CT molecular complexity index is 206. The van der Waals surface area contributed by atoms with E-state index in [1.54, 1.807) is 13.8 Å². The van der Waals surface area contributed by atoms with Crippen molar-refractivity contribution >= 4 is 10.0 Å². The van der Waals surface area contributed by atoms with Crippen LogP contribution in [0.2, 0.25) is 0 Å². The molecule has 11 heavy (non-hydrogen) atoms. The summed E-state index contributed by atoms with van der Waals surface area (Å²) in [4.78, 5) is 0. The molecule has 0 aliphatic rings. The Morgan fingerprint density at radius 1 is 1.36 bits per heavy atom. The third-order valence-electron chi connectivity index (χ3n) is 1.85. The van der Waals surface area contributed by atoms with Crippen molar-refractivity contribution < 1.29 is 8.42 Å². The Labute approximate surface area is 69.2 Å². The van der Waals surface area contributed by atoms with Crippen LogP contribution in [0.4, 0.5) is 0 Å². The third-order valence-corrected chi connectivity index (χ3v) is 4.04. The minimum absolute atomic E-state index is 0.642. The molecular formula is C7H17NO2S. The molecule has 0 rings (SSSR count). The fourth-order valence-corrected chi connectivity index (χ4v) is 2.04. The van der Waals surface area contributed by atoms with Crippen molar-refractivity contribution in [1.29, 1.82) is 0 Å². The molecule has 0 aliphatic carbocycles. The first-order chi connectivity index (χ1) is 4.87.